The van der Waals surface area contributed by atoms with Crippen LogP contribution in [0.3, 0.4) is 0 Å². The van der Waals surface area contributed by atoms with Crippen molar-refractivity contribution in [2.45, 2.75) is 33.1 Å². The lowest BCUT2D eigenvalue weighted by molar-refractivity contribution is 0.232. The Kier molecular flexibility index (Phi) is 7.13. The van der Waals surface area contributed by atoms with Crippen LogP contribution in [0.5, 0.6) is 5.75 Å². The van der Waals surface area contributed by atoms with E-state index in [1.165, 1.54) is 32.4 Å². The molecule has 22 heavy (non-hydrogen) atoms. The number of rotatable bonds is 7. The Morgan fingerprint density at radius 1 is 1.18 bits per heavy atom. The van der Waals surface area contributed by atoms with Crippen molar-refractivity contribution >= 4 is 17.2 Å². The van der Waals surface area contributed by atoms with E-state index in [9.17, 15) is 0 Å². The molecule has 0 bridgehead atoms. The molecule has 0 aromatic heterocycles. The summed E-state index contributed by atoms with van der Waals surface area (Å²) in [6.07, 6.45) is 4.05. The largest absolute Gasteiger partial charge is 0.493 e. The number of piperidine rings is 1. The van der Waals surface area contributed by atoms with Crippen LogP contribution in [0.25, 0.3) is 0 Å². The van der Waals surface area contributed by atoms with E-state index in [2.05, 4.69) is 24.1 Å². The van der Waals surface area contributed by atoms with E-state index < -0.39 is 0 Å². The lowest BCUT2D eigenvalue weighted by atomic mass is 10.1. The van der Waals surface area contributed by atoms with Crippen LogP contribution in [0.15, 0.2) is 24.3 Å². The van der Waals surface area contributed by atoms with Crippen molar-refractivity contribution in [3.05, 3.63) is 29.8 Å². The predicted molar refractivity (Wildman–Crippen MR) is 96.8 cm³/mol. The zero-order chi connectivity index (χ0) is 15.8. The third-order valence-electron chi connectivity index (χ3n) is 3.86. The molecule has 1 aliphatic heterocycles. The molecule has 1 heterocycles. The Labute approximate surface area is 140 Å². The van der Waals surface area contributed by atoms with E-state index in [1.807, 2.05) is 24.3 Å². The smallest absolute Gasteiger partial charge is 0.119 e. The number of ether oxygens (including phenoxy) is 1. The first-order valence-electron chi connectivity index (χ1n) is 8.38. The van der Waals surface area contributed by atoms with Crippen molar-refractivity contribution in [3.8, 4) is 5.75 Å². The summed E-state index contributed by atoms with van der Waals surface area (Å²) in [6, 6.07) is 8.06. The molecule has 1 N–H and O–H groups in total. The molecule has 122 valence electrons. The SMILES string of the molecule is CC(C)COc1ccc(C(=S)NCCN2CCCCC2)cc1. The van der Waals surface area contributed by atoms with Crippen molar-refractivity contribution < 1.29 is 4.74 Å². The van der Waals surface area contributed by atoms with Gasteiger partial charge in [-0.3, -0.25) is 0 Å². The summed E-state index contributed by atoms with van der Waals surface area (Å²) in [5.41, 5.74) is 1.06. The first-order valence-corrected chi connectivity index (χ1v) is 8.79. The number of hydrogen-bond donors (Lipinski definition) is 1. The molecule has 3 nitrogen and oxygen atoms in total. The molecule has 0 aliphatic carbocycles. The maximum Gasteiger partial charge on any atom is 0.119 e. The van der Waals surface area contributed by atoms with Crippen LogP contribution in [0.1, 0.15) is 38.7 Å². The van der Waals surface area contributed by atoms with Crippen molar-refractivity contribution in [3.63, 3.8) is 0 Å². The van der Waals surface area contributed by atoms with Crippen molar-refractivity contribution in [1.82, 2.24) is 10.2 Å². The van der Waals surface area contributed by atoms with E-state index in [-0.39, 0.29) is 0 Å². The van der Waals surface area contributed by atoms with Gasteiger partial charge in [-0.2, -0.15) is 0 Å². The number of nitrogens with one attached hydrogen (secondary N) is 1. The van der Waals surface area contributed by atoms with E-state index in [0.29, 0.717) is 5.92 Å². The van der Waals surface area contributed by atoms with Gasteiger partial charge in [0.05, 0.1) is 6.61 Å². The van der Waals surface area contributed by atoms with Crippen LogP contribution in [0.4, 0.5) is 0 Å². The second kappa shape index (κ2) is 9.11. The molecule has 1 aromatic rings. The third kappa shape index (κ3) is 5.93. The minimum absolute atomic E-state index is 0.539. The molecule has 4 heteroatoms. The number of hydrogen-bond acceptors (Lipinski definition) is 3. The number of likely N-dealkylation sites (tertiary alicyclic amines) is 1. The molecule has 0 radical (unpaired) electrons. The summed E-state index contributed by atoms with van der Waals surface area (Å²) in [4.78, 5) is 3.34. The third-order valence-corrected chi connectivity index (χ3v) is 4.24. The van der Waals surface area contributed by atoms with E-state index >= 15 is 0 Å². The van der Waals surface area contributed by atoms with Gasteiger partial charge in [0.1, 0.15) is 10.7 Å². The average Bonchev–Trinajstić information content (AvgIpc) is 2.54. The van der Waals surface area contributed by atoms with Gasteiger partial charge >= 0.3 is 0 Å². The maximum atomic E-state index is 5.69. The van der Waals surface area contributed by atoms with Gasteiger partial charge in [0, 0.05) is 18.7 Å². The number of nitrogens with zero attached hydrogens (tertiary/aromatic N) is 1. The molecule has 0 amide bonds. The Morgan fingerprint density at radius 3 is 2.50 bits per heavy atom. The summed E-state index contributed by atoms with van der Waals surface area (Å²) in [6.45, 7) is 9.51. The second-order valence-corrected chi connectivity index (χ2v) is 6.80. The summed E-state index contributed by atoms with van der Waals surface area (Å²) >= 11 is 5.47. The highest BCUT2D eigenvalue weighted by atomic mass is 32.1. The Bertz CT molecular complexity index is 453. The Balaban J connectivity index is 1.72. The molecule has 0 unspecified atom stereocenters. The normalized spacial score (nSPS) is 15.8. The van der Waals surface area contributed by atoms with Crippen LogP contribution < -0.4 is 10.1 Å². The summed E-state index contributed by atoms with van der Waals surface area (Å²) in [7, 11) is 0. The van der Waals surface area contributed by atoms with Crippen molar-refractivity contribution in [2.24, 2.45) is 5.92 Å². The Hall–Kier alpha value is -1.13. The van der Waals surface area contributed by atoms with E-state index in [4.69, 9.17) is 17.0 Å². The summed E-state index contributed by atoms with van der Waals surface area (Å²) in [5.74, 6) is 1.45. The monoisotopic (exact) mass is 320 g/mol. The van der Waals surface area contributed by atoms with Gasteiger partial charge in [0.2, 0.25) is 0 Å². The fraction of sp³-hybridized carbons (Fsp3) is 0.611. The van der Waals surface area contributed by atoms with Gasteiger partial charge in [-0.25, -0.2) is 0 Å². The minimum Gasteiger partial charge on any atom is -0.493 e. The lowest BCUT2D eigenvalue weighted by Crippen LogP contribution is -2.37. The fourth-order valence-electron chi connectivity index (χ4n) is 2.58. The highest BCUT2D eigenvalue weighted by Gasteiger charge is 2.09. The van der Waals surface area contributed by atoms with Crippen LogP contribution in [0, 0.1) is 5.92 Å². The molecule has 1 fully saturated rings. The molecule has 1 saturated heterocycles. The van der Waals surface area contributed by atoms with Gasteiger partial charge in [-0.05, 0) is 56.1 Å². The van der Waals surface area contributed by atoms with Gasteiger partial charge < -0.3 is 15.0 Å². The molecule has 0 atom stereocenters. The zero-order valence-electron chi connectivity index (χ0n) is 13.8. The minimum atomic E-state index is 0.539. The first kappa shape index (κ1) is 17.2. The van der Waals surface area contributed by atoms with E-state index in [0.717, 1.165) is 36.0 Å². The number of benzene rings is 1. The zero-order valence-corrected chi connectivity index (χ0v) is 14.6. The quantitative estimate of drug-likeness (QED) is 0.778. The molecule has 1 aliphatic rings. The first-order chi connectivity index (χ1) is 10.6. The molecule has 1 aromatic carbocycles. The molecular weight excluding hydrogens is 292 g/mol. The topological polar surface area (TPSA) is 24.5 Å². The lowest BCUT2D eigenvalue weighted by Gasteiger charge is -2.26. The van der Waals surface area contributed by atoms with Gasteiger partial charge in [0.15, 0.2) is 0 Å². The standard InChI is InChI=1S/C18H28N2OS/c1-15(2)14-21-17-8-6-16(7-9-17)18(22)19-10-13-20-11-4-3-5-12-20/h6-9,15H,3-5,10-14H2,1-2H3,(H,19,22). The average molecular weight is 321 g/mol. The van der Waals surface area contributed by atoms with Crippen LogP contribution in [0.2, 0.25) is 0 Å². The summed E-state index contributed by atoms with van der Waals surface area (Å²) in [5, 5.41) is 3.36. The maximum absolute atomic E-state index is 5.69. The predicted octanol–water partition coefficient (Wildman–Crippen LogP) is 3.47. The van der Waals surface area contributed by atoms with Crippen LogP contribution in [-0.2, 0) is 0 Å². The molecule has 0 spiro atoms. The molecular formula is C18H28N2OS. The number of thiocarbonyl (C=S) groups is 1. The summed E-state index contributed by atoms with van der Waals surface area (Å²) < 4.78 is 5.69. The van der Waals surface area contributed by atoms with Crippen molar-refractivity contribution in [2.75, 3.05) is 32.8 Å². The highest BCUT2D eigenvalue weighted by molar-refractivity contribution is 7.80. The fourth-order valence-corrected chi connectivity index (χ4v) is 2.82. The molecule has 0 saturated carbocycles. The second-order valence-electron chi connectivity index (χ2n) is 6.39. The Morgan fingerprint density at radius 2 is 1.86 bits per heavy atom. The van der Waals surface area contributed by atoms with Crippen molar-refractivity contribution in [1.29, 1.82) is 0 Å². The van der Waals surface area contributed by atoms with E-state index in [1.54, 1.807) is 0 Å². The van der Waals surface area contributed by atoms with Gasteiger partial charge in [-0.1, -0.05) is 32.5 Å². The van der Waals surface area contributed by atoms with Gasteiger partial charge in [-0.15, -0.1) is 0 Å². The highest BCUT2D eigenvalue weighted by Crippen LogP contribution is 2.13. The molecule has 2 rings (SSSR count). The van der Waals surface area contributed by atoms with Crippen LogP contribution in [-0.4, -0.2) is 42.7 Å². The van der Waals surface area contributed by atoms with Gasteiger partial charge in [0.25, 0.3) is 0 Å². The van der Waals surface area contributed by atoms with Crippen LogP contribution >= 0.6 is 12.2 Å².